The Morgan fingerprint density at radius 1 is 1.44 bits per heavy atom. The Morgan fingerprint density at radius 2 is 2.17 bits per heavy atom. The number of rotatable bonds is 2. The molecule has 0 bridgehead atoms. The minimum absolute atomic E-state index is 0.261. The highest BCUT2D eigenvalue weighted by Crippen LogP contribution is 2.30. The van der Waals surface area contributed by atoms with E-state index in [1.807, 2.05) is 6.07 Å². The number of morpholine rings is 1. The van der Waals surface area contributed by atoms with Gasteiger partial charge in [-0.15, -0.1) is 0 Å². The molecule has 100 valence electrons. The Labute approximate surface area is 117 Å². The van der Waals surface area contributed by atoms with E-state index in [1.54, 1.807) is 6.92 Å². The summed E-state index contributed by atoms with van der Waals surface area (Å²) in [6.07, 6.45) is -0.189. The van der Waals surface area contributed by atoms with Crippen molar-refractivity contribution in [2.75, 3.05) is 18.1 Å². The maximum Gasteiger partial charge on any atom is 0.0772 e. The summed E-state index contributed by atoms with van der Waals surface area (Å²) in [5.41, 5.74) is 2.10. The van der Waals surface area contributed by atoms with E-state index < -0.39 is 6.10 Å². The second-order valence-electron chi connectivity index (χ2n) is 5.03. The van der Waals surface area contributed by atoms with Gasteiger partial charge in [-0.2, -0.15) is 0 Å². The molecule has 1 fully saturated rings. The monoisotopic (exact) mass is 313 g/mol. The van der Waals surface area contributed by atoms with Crippen LogP contribution in [0.15, 0.2) is 22.7 Å². The molecule has 2 unspecified atom stereocenters. The van der Waals surface area contributed by atoms with Gasteiger partial charge < -0.3 is 14.7 Å². The highest BCUT2D eigenvalue weighted by atomic mass is 79.9. The molecule has 1 aromatic rings. The lowest BCUT2D eigenvalue weighted by atomic mass is 10.1. The predicted molar refractivity (Wildman–Crippen MR) is 77.0 cm³/mol. The molecule has 3 nitrogen and oxygen atoms in total. The van der Waals surface area contributed by atoms with Crippen LogP contribution in [0.2, 0.25) is 0 Å². The average molecular weight is 314 g/mol. The topological polar surface area (TPSA) is 32.7 Å². The van der Waals surface area contributed by atoms with E-state index in [1.165, 1.54) is 5.69 Å². The SMILES string of the molecule is CC1CN(c2ccc([C@H](C)O)c(Br)c2)C(C)CO1. The van der Waals surface area contributed by atoms with Crippen LogP contribution in [0.4, 0.5) is 5.69 Å². The summed E-state index contributed by atoms with van der Waals surface area (Å²) in [6, 6.07) is 6.51. The molecule has 1 N–H and O–H groups in total. The Morgan fingerprint density at radius 3 is 2.78 bits per heavy atom. The Kier molecular flexibility index (Phi) is 4.30. The lowest BCUT2D eigenvalue weighted by Crippen LogP contribution is -2.47. The number of hydrogen-bond acceptors (Lipinski definition) is 3. The first-order chi connectivity index (χ1) is 8.49. The van der Waals surface area contributed by atoms with Crippen molar-refractivity contribution in [2.45, 2.75) is 39.0 Å². The van der Waals surface area contributed by atoms with Gasteiger partial charge in [0.05, 0.1) is 18.8 Å². The van der Waals surface area contributed by atoms with Gasteiger partial charge in [0.2, 0.25) is 0 Å². The molecule has 3 atom stereocenters. The van der Waals surface area contributed by atoms with Gasteiger partial charge >= 0.3 is 0 Å². The summed E-state index contributed by atoms with van der Waals surface area (Å²) in [5, 5.41) is 9.64. The van der Waals surface area contributed by atoms with Crippen LogP contribution < -0.4 is 4.90 Å². The maximum absolute atomic E-state index is 9.64. The summed E-state index contributed by atoms with van der Waals surface area (Å²) >= 11 is 3.53. The van der Waals surface area contributed by atoms with Crippen molar-refractivity contribution in [3.8, 4) is 0 Å². The van der Waals surface area contributed by atoms with Crippen molar-refractivity contribution in [2.24, 2.45) is 0 Å². The van der Waals surface area contributed by atoms with Gasteiger partial charge in [-0.05, 0) is 38.5 Å². The van der Waals surface area contributed by atoms with Crippen LogP contribution in [0.3, 0.4) is 0 Å². The van der Waals surface area contributed by atoms with Gasteiger partial charge in [0.15, 0.2) is 0 Å². The molecule has 4 heteroatoms. The second kappa shape index (κ2) is 5.59. The van der Waals surface area contributed by atoms with E-state index in [4.69, 9.17) is 4.74 Å². The van der Waals surface area contributed by atoms with Crippen LogP contribution in [0.25, 0.3) is 0 Å². The lowest BCUT2D eigenvalue weighted by Gasteiger charge is -2.38. The first-order valence-electron chi connectivity index (χ1n) is 6.34. The second-order valence-corrected chi connectivity index (χ2v) is 5.88. The number of aliphatic hydroxyl groups excluding tert-OH is 1. The first kappa shape index (κ1) is 13.8. The zero-order chi connectivity index (χ0) is 13.3. The fourth-order valence-electron chi connectivity index (χ4n) is 2.30. The van der Waals surface area contributed by atoms with E-state index in [9.17, 15) is 5.11 Å². The normalized spacial score (nSPS) is 26.2. The molecule has 1 aromatic carbocycles. The van der Waals surface area contributed by atoms with Crippen molar-refractivity contribution in [3.63, 3.8) is 0 Å². The first-order valence-corrected chi connectivity index (χ1v) is 7.14. The van der Waals surface area contributed by atoms with E-state index in [0.717, 1.165) is 23.2 Å². The molecular weight excluding hydrogens is 294 g/mol. The van der Waals surface area contributed by atoms with Gasteiger partial charge in [0.1, 0.15) is 0 Å². The van der Waals surface area contributed by atoms with Crippen LogP contribution in [-0.2, 0) is 4.74 Å². The number of benzene rings is 1. The third-order valence-corrected chi connectivity index (χ3v) is 4.06. The van der Waals surface area contributed by atoms with Crippen molar-refractivity contribution in [1.29, 1.82) is 0 Å². The third kappa shape index (κ3) is 2.87. The molecule has 2 rings (SSSR count). The molecule has 18 heavy (non-hydrogen) atoms. The molecule has 0 saturated carbocycles. The standard InChI is InChI=1S/C14H20BrNO2/c1-9-8-18-10(2)7-16(9)12-4-5-13(11(3)17)14(15)6-12/h4-6,9-11,17H,7-8H2,1-3H3/t9?,10?,11-/m0/s1. The lowest BCUT2D eigenvalue weighted by molar-refractivity contribution is 0.0344. The Balaban J connectivity index is 2.25. The number of halogens is 1. The van der Waals surface area contributed by atoms with Crippen molar-refractivity contribution in [3.05, 3.63) is 28.2 Å². The molecule has 1 heterocycles. The summed E-state index contributed by atoms with van der Waals surface area (Å²) in [4.78, 5) is 2.35. The van der Waals surface area contributed by atoms with Crippen LogP contribution in [0.5, 0.6) is 0 Å². The van der Waals surface area contributed by atoms with Crippen molar-refractivity contribution in [1.82, 2.24) is 0 Å². The van der Waals surface area contributed by atoms with Crippen molar-refractivity contribution >= 4 is 21.6 Å². The number of hydrogen-bond donors (Lipinski definition) is 1. The van der Waals surface area contributed by atoms with Crippen LogP contribution in [0, 0.1) is 0 Å². The average Bonchev–Trinajstić information content (AvgIpc) is 2.31. The van der Waals surface area contributed by atoms with E-state index in [0.29, 0.717) is 6.04 Å². The molecule has 0 aliphatic carbocycles. The van der Waals surface area contributed by atoms with E-state index >= 15 is 0 Å². The quantitative estimate of drug-likeness (QED) is 0.910. The number of ether oxygens (including phenoxy) is 1. The number of aliphatic hydroxyl groups is 1. The Hall–Kier alpha value is -0.580. The Bertz CT molecular complexity index is 422. The summed E-state index contributed by atoms with van der Waals surface area (Å²) < 4.78 is 6.60. The highest BCUT2D eigenvalue weighted by molar-refractivity contribution is 9.10. The van der Waals surface area contributed by atoms with Gasteiger partial charge in [0.25, 0.3) is 0 Å². The van der Waals surface area contributed by atoms with Gasteiger partial charge in [-0.1, -0.05) is 22.0 Å². The van der Waals surface area contributed by atoms with Crippen LogP contribution >= 0.6 is 15.9 Å². The molecule has 1 saturated heterocycles. The fourth-order valence-corrected chi connectivity index (χ4v) is 2.99. The molecule has 1 aliphatic rings. The summed E-state index contributed by atoms with van der Waals surface area (Å²) in [7, 11) is 0. The van der Waals surface area contributed by atoms with Gasteiger partial charge in [-0.3, -0.25) is 0 Å². The van der Waals surface area contributed by atoms with E-state index in [-0.39, 0.29) is 6.10 Å². The zero-order valence-corrected chi connectivity index (χ0v) is 12.6. The van der Waals surface area contributed by atoms with Crippen LogP contribution in [-0.4, -0.2) is 30.4 Å². The van der Waals surface area contributed by atoms with Crippen LogP contribution in [0.1, 0.15) is 32.4 Å². The van der Waals surface area contributed by atoms with E-state index in [2.05, 4.69) is 46.8 Å². The molecule has 0 spiro atoms. The predicted octanol–water partition coefficient (Wildman–Crippen LogP) is 3.12. The molecule has 1 aliphatic heterocycles. The third-order valence-electron chi connectivity index (χ3n) is 3.37. The zero-order valence-electron chi connectivity index (χ0n) is 11.1. The minimum Gasteiger partial charge on any atom is -0.389 e. The van der Waals surface area contributed by atoms with Gasteiger partial charge in [0, 0.05) is 22.7 Å². The van der Waals surface area contributed by atoms with Gasteiger partial charge in [-0.25, -0.2) is 0 Å². The summed E-state index contributed by atoms with van der Waals surface area (Å²) in [5.74, 6) is 0. The maximum atomic E-state index is 9.64. The molecule has 0 aromatic heterocycles. The largest absolute Gasteiger partial charge is 0.389 e. The number of nitrogens with zero attached hydrogens (tertiary/aromatic N) is 1. The molecule has 0 radical (unpaired) electrons. The number of anilines is 1. The molecular formula is C14H20BrNO2. The highest BCUT2D eigenvalue weighted by Gasteiger charge is 2.24. The smallest absolute Gasteiger partial charge is 0.0772 e. The van der Waals surface area contributed by atoms with Crippen molar-refractivity contribution < 1.29 is 9.84 Å². The summed E-state index contributed by atoms with van der Waals surface area (Å²) in [6.45, 7) is 7.71. The fraction of sp³-hybridized carbons (Fsp3) is 0.571. The minimum atomic E-state index is -0.450. The molecule has 0 amide bonds.